The van der Waals surface area contributed by atoms with Crippen LogP contribution in [0.1, 0.15) is 32.8 Å². The lowest BCUT2D eigenvalue weighted by Crippen LogP contribution is -2.50. The van der Waals surface area contributed by atoms with Crippen molar-refractivity contribution in [3.8, 4) is 0 Å². The zero-order valence-corrected chi connectivity index (χ0v) is 12.7. The van der Waals surface area contributed by atoms with Crippen molar-refractivity contribution in [2.45, 2.75) is 45.8 Å². The molecule has 1 aliphatic rings. The van der Waals surface area contributed by atoms with Crippen molar-refractivity contribution < 1.29 is 9.53 Å². The van der Waals surface area contributed by atoms with Gasteiger partial charge in [0.05, 0.1) is 0 Å². The van der Waals surface area contributed by atoms with Crippen LogP contribution in [-0.4, -0.2) is 36.1 Å². The summed E-state index contributed by atoms with van der Waals surface area (Å²) in [6, 6.07) is 11.1. The Balaban J connectivity index is 1.87. The molecule has 1 aromatic rings. The van der Waals surface area contributed by atoms with E-state index in [2.05, 4.69) is 49.1 Å². The lowest BCUT2D eigenvalue weighted by atomic mass is 9.88. The first-order chi connectivity index (χ1) is 9.58. The Labute approximate surface area is 121 Å². The normalized spacial score (nSPS) is 27.2. The molecule has 0 aromatic heterocycles. The van der Waals surface area contributed by atoms with Gasteiger partial charge in [0.2, 0.25) is 0 Å². The van der Waals surface area contributed by atoms with Crippen molar-refractivity contribution in [3.63, 3.8) is 0 Å². The lowest BCUT2D eigenvalue weighted by molar-refractivity contribution is -0.153. The van der Waals surface area contributed by atoms with Gasteiger partial charge in [-0.05, 0) is 25.3 Å². The van der Waals surface area contributed by atoms with Crippen molar-refractivity contribution in [1.82, 2.24) is 4.90 Å². The number of esters is 1. The first-order valence-electron chi connectivity index (χ1n) is 7.53. The van der Waals surface area contributed by atoms with Gasteiger partial charge in [-0.2, -0.15) is 0 Å². The number of carbonyl (C=O) groups is 1. The van der Waals surface area contributed by atoms with Gasteiger partial charge in [-0.3, -0.25) is 9.69 Å². The summed E-state index contributed by atoms with van der Waals surface area (Å²) >= 11 is 0. The van der Waals surface area contributed by atoms with Crippen LogP contribution >= 0.6 is 0 Å². The van der Waals surface area contributed by atoms with E-state index in [1.807, 2.05) is 0 Å². The fraction of sp³-hybridized carbons (Fsp3) is 0.588. The van der Waals surface area contributed by atoms with Crippen LogP contribution < -0.4 is 0 Å². The lowest BCUT2D eigenvalue weighted by Gasteiger charge is -2.42. The zero-order valence-electron chi connectivity index (χ0n) is 12.7. The molecule has 0 saturated carbocycles. The van der Waals surface area contributed by atoms with E-state index in [4.69, 9.17) is 4.74 Å². The SMILES string of the molecule is CC(=O)OC1CCN(CCc2ccccc2)C(C)C1C. The number of hydrogen-bond donors (Lipinski definition) is 0. The third kappa shape index (κ3) is 3.83. The van der Waals surface area contributed by atoms with Crippen LogP contribution in [0.25, 0.3) is 0 Å². The molecule has 2 rings (SSSR count). The molecule has 0 N–H and O–H groups in total. The van der Waals surface area contributed by atoms with E-state index in [1.54, 1.807) is 0 Å². The molecule has 0 amide bonds. The molecule has 1 aromatic carbocycles. The van der Waals surface area contributed by atoms with Crippen LogP contribution in [0.5, 0.6) is 0 Å². The van der Waals surface area contributed by atoms with Gasteiger partial charge in [0.1, 0.15) is 6.10 Å². The molecule has 1 aliphatic heterocycles. The number of rotatable bonds is 4. The van der Waals surface area contributed by atoms with Gasteiger partial charge < -0.3 is 4.74 Å². The van der Waals surface area contributed by atoms with Crippen LogP contribution in [0, 0.1) is 5.92 Å². The van der Waals surface area contributed by atoms with E-state index in [0.717, 1.165) is 25.9 Å². The summed E-state index contributed by atoms with van der Waals surface area (Å²) in [5.74, 6) is 0.232. The van der Waals surface area contributed by atoms with E-state index in [9.17, 15) is 4.79 Å². The highest BCUT2D eigenvalue weighted by atomic mass is 16.5. The number of carbonyl (C=O) groups excluding carboxylic acids is 1. The molecule has 3 heteroatoms. The van der Waals surface area contributed by atoms with Crippen molar-refractivity contribution in [1.29, 1.82) is 0 Å². The van der Waals surface area contributed by atoms with Crippen molar-refractivity contribution in [2.24, 2.45) is 5.92 Å². The summed E-state index contributed by atoms with van der Waals surface area (Å²) in [6.07, 6.45) is 2.10. The van der Waals surface area contributed by atoms with E-state index in [-0.39, 0.29) is 12.1 Å². The monoisotopic (exact) mass is 275 g/mol. The second-order valence-electron chi connectivity index (χ2n) is 5.81. The summed E-state index contributed by atoms with van der Waals surface area (Å²) < 4.78 is 5.42. The molecule has 1 heterocycles. The molecule has 0 radical (unpaired) electrons. The fourth-order valence-corrected chi connectivity index (χ4v) is 3.02. The number of benzene rings is 1. The summed E-state index contributed by atoms with van der Waals surface area (Å²) in [6.45, 7) is 8.01. The average Bonchev–Trinajstić information content (AvgIpc) is 2.44. The zero-order chi connectivity index (χ0) is 14.5. The molecule has 110 valence electrons. The standard InChI is InChI=1S/C17H25NO2/c1-13-14(2)18(12-10-17(13)20-15(3)19)11-9-16-7-5-4-6-8-16/h4-8,13-14,17H,9-12H2,1-3H3. The third-order valence-corrected chi connectivity index (χ3v) is 4.47. The smallest absolute Gasteiger partial charge is 0.302 e. The molecule has 1 saturated heterocycles. The predicted molar refractivity (Wildman–Crippen MR) is 80.5 cm³/mol. The quantitative estimate of drug-likeness (QED) is 0.791. The fourth-order valence-electron chi connectivity index (χ4n) is 3.02. The molecular weight excluding hydrogens is 250 g/mol. The van der Waals surface area contributed by atoms with Gasteiger partial charge in [-0.15, -0.1) is 0 Å². The summed E-state index contributed by atoms with van der Waals surface area (Å²) in [7, 11) is 0. The van der Waals surface area contributed by atoms with Gasteiger partial charge in [0.25, 0.3) is 0 Å². The minimum atomic E-state index is -0.160. The maximum Gasteiger partial charge on any atom is 0.302 e. The maximum absolute atomic E-state index is 11.1. The number of ether oxygens (including phenoxy) is 1. The number of nitrogens with zero attached hydrogens (tertiary/aromatic N) is 1. The van der Waals surface area contributed by atoms with Gasteiger partial charge in [-0.1, -0.05) is 37.3 Å². The van der Waals surface area contributed by atoms with Crippen LogP contribution in [0.3, 0.4) is 0 Å². The topological polar surface area (TPSA) is 29.5 Å². The van der Waals surface area contributed by atoms with E-state index in [1.165, 1.54) is 12.5 Å². The Kier molecular flexibility index (Phi) is 5.18. The second kappa shape index (κ2) is 6.89. The summed E-state index contributed by atoms with van der Waals surface area (Å²) in [5.41, 5.74) is 1.38. The molecule has 0 spiro atoms. The first kappa shape index (κ1) is 15.0. The molecule has 1 fully saturated rings. The van der Waals surface area contributed by atoms with Gasteiger partial charge >= 0.3 is 5.97 Å². The second-order valence-corrected chi connectivity index (χ2v) is 5.81. The number of hydrogen-bond acceptors (Lipinski definition) is 3. The van der Waals surface area contributed by atoms with Crippen LogP contribution in [0.4, 0.5) is 0 Å². The van der Waals surface area contributed by atoms with Crippen LogP contribution in [0.15, 0.2) is 30.3 Å². The largest absolute Gasteiger partial charge is 0.462 e. The average molecular weight is 275 g/mol. The van der Waals surface area contributed by atoms with E-state index in [0.29, 0.717) is 12.0 Å². The molecule has 3 atom stereocenters. The Morgan fingerprint density at radius 2 is 2.00 bits per heavy atom. The maximum atomic E-state index is 11.1. The molecule has 0 aliphatic carbocycles. The Morgan fingerprint density at radius 3 is 2.65 bits per heavy atom. The van der Waals surface area contributed by atoms with E-state index < -0.39 is 0 Å². The van der Waals surface area contributed by atoms with E-state index >= 15 is 0 Å². The minimum Gasteiger partial charge on any atom is -0.462 e. The Morgan fingerprint density at radius 1 is 1.30 bits per heavy atom. The number of piperidine rings is 1. The van der Waals surface area contributed by atoms with Gasteiger partial charge in [0.15, 0.2) is 0 Å². The van der Waals surface area contributed by atoms with Crippen molar-refractivity contribution in [2.75, 3.05) is 13.1 Å². The highest BCUT2D eigenvalue weighted by Crippen LogP contribution is 2.26. The molecule has 3 nitrogen and oxygen atoms in total. The summed E-state index contributed by atoms with van der Waals surface area (Å²) in [5, 5.41) is 0. The highest BCUT2D eigenvalue weighted by Gasteiger charge is 2.33. The van der Waals surface area contributed by atoms with Gasteiger partial charge in [-0.25, -0.2) is 0 Å². The van der Waals surface area contributed by atoms with Crippen LogP contribution in [0.2, 0.25) is 0 Å². The number of likely N-dealkylation sites (tertiary alicyclic amines) is 1. The predicted octanol–water partition coefficient (Wildman–Crippen LogP) is 2.89. The molecular formula is C17H25NO2. The van der Waals surface area contributed by atoms with Crippen molar-refractivity contribution >= 4 is 5.97 Å². The molecule has 20 heavy (non-hydrogen) atoms. The first-order valence-corrected chi connectivity index (χ1v) is 7.53. The third-order valence-electron chi connectivity index (χ3n) is 4.47. The van der Waals surface area contributed by atoms with Crippen molar-refractivity contribution in [3.05, 3.63) is 35.9 Å². The molecule has 3 unspecified atom stereocenters. The Hall–Kier alpha value is -1.35. The molecule has 0 bridgehead atoms. The minimum absolute atomic E-state index is 0.0791. The van der Waals surface area contributed by atoms with Crippen LogP contribution in [-0.2, 0) is 16.0 Å². The highest BCUT2D eigenvalue weighted by molar-refractivity contribution is 5.66. The van der Waals surface area contributed by atoms with Gasteiger partial charge in [0, 0.05) is 32.0 Å². The summed E-state index contributed by atoms with van der Waals surface area (Å²) in [4.78, 5) is 13.6. The Bertz CT molecular complexity index is 432.